The van der Waals surface area contributed by atoms with Crippen LogP contribution in [0.1, 0.15) is 19.8 Å². The van der Waals surface area contributed by atoms with E-state index in [1.54, 1.807) is 0 Å². The van der Waals surface area contributed by atoms with Crippen molar-refractivity contribution in [2.24, 2.45) is 5.73 Å². The van der Waals surface area contributed by atoms with Gasteiger partial charge in [0.25, 0.3) is 0 Å². The van der Waals surface area contributed by atoms with E-state index in [9.17, 15) is 4.79 Å². The van der Waals surface area contributed by atoms with Gasteiger partial charge in [-0.05, 0) is 25.9 Å². The third-order valence-electron chi connectivity index (χ3n) is 2.57. The zero-order valence-corrected chi connectivity index (χ0v) is 9.04. The predicted molar refractivity (Wildman–Crippen MR) is 57.0 cm³/mol. The summed E-state index contributed by atoms with van der Waals surface area (Å²) >= 11 is 0. The quantitative estimate of drug-likeness (QED) is 0.672. The monoisotopic (exact) mass is 199 g/mol. The molecule has 4 heteroatoms. The Morgan fingerprint density at radius 1 is 1.36 bits per heavy atom. The zero-order chi connectivity index (χ0) is 10.4. The molecule has 0 bridgehead atoms. The van der Waals surface area contributed by atoms with E-state index in [2.05, 4.69) is 11.8 Å². The fourth-order valence-corrected chi connectivity index (χ4v) is 1.77. The normalized spacial score (nSPS) is 19.0. The first kappa shape index (κ1) is 11.5. The second kappa shape index (κ2) is 5.98. The van der Waals surface area contributed by atoms with Crippen molar-refractivity contribution in [1.82, 2.24) is 9.80 Å². The van der Waals surface area contributed by atoms with E-state index in [1.807, 2.05) is 4.90 Å². The summed E-state index contributed by atoms with van der Waals surface area (Å²) < 4.78 is 0. The molecule has 0 aromatic carbocycles. The maximum Gasteiger partial charge on any atom is 0.236 e. The van der Waals surface area contributed by atoms with Crippen molar-refractivity contribution in [2.45, 2.75) is 19.8 Å². The van der Waals surface area contributed by atoms with Gasteiger partial charge < -0.3 is 10.6 Å². The molecule has 1 amide bonds. The lowest BCUT2D eigenvalue weighted by Gasteiger charge is -2.34. The molecular formula is C10H21N3O. The topological polar surface area (TPSA) is 49.6 Å². The van der Waals surface area contributed by atoms with Crippen LogP contribution in [0.2, 0.25) is 0 Å². The van der Waals surface area contributed by atoms with Crippen molar-refractivity contribution in [3.63, 3.8) is 0 Å². The smallest absolute Gasteiger partial charge is 0.236 e. The Morgan fingerprint density at radius 3 is 2.71 bits per heavy atom. The molecule has 4 nitrogen and oxygen atoms in total. The summed E-state index contributed by atoms with van der Waals surface area (Å²) in [5.74, 6) is 0.273. The number of carbonyl (C=O) groups excluding carboxylic acids is 1. The minimum atomic E-state index is 0.273. The SMILES string of the molecule is CCCN1CCN(CCCN)CC1=O. The highest BCUT2D eigenvalue weighted by molar-refractivity contribution is 5.78. The van der Waals surface area contributed by atoms with E-state index < -0.39 is 0 Å². The Hall–Kier alpha value is -0.610. The summed E-state index contributed by atoms with van der Waals surface area (Å²) in [5, 5.41) is 0. The van der Waals surface area contributed by atoms with Gasteiger partial charge in [-0.15, -0.1) is 0 Å². The largest absolute Gasteiger partial charge is 0.340 e. The minimum absolute atomic E-state index is 0.273. The molecule has 0 aromatic heterocycles. The highest BCUT2D eigenvalue weighted by atomic mass is 16.2. The molecule has 14 heavy (non-hydrogen) atoms. The Labute approximate surface area is 86.0 Å². The van der Waals surface area contributed by atoms with Crippen LogP contribution in [0.5, 0.6) is 0 Å². The van der Waals surface area contributed by atoms with Gasteiger partial charge in [0, 0.05) is 19.6 Å². The van der Waals surface area contributed by atoms with Crippen LogP contribution < -0.4 is 5.73 Å². The van der Waals surface area contributed by atoms with Gasteiger partial charge >= 0.3 is 0 Å². The number of nitrogens with zero attached hydrogens (tertiary/aromatic N) is 2. The van der Waals surface area contributed by atoms with Crippen LogP contribution in [0.15, 0.2) is 0 Å². The number of rotatable bonds is 5. The van der Waals surface area contributed by atoms with Gasteiger partial charge in [-0.1, -0.05) is 6.92 Å². The predicted octanol–water partition coefficient (Wildman–Crippen LogP) is -0.111. The van der Waals surface area contributed by atoms with E-state index >= 15 is 0 Å². The van der Waals surface area contributed by atoms with E-state index in [1.165, 1.54) is 0 Å². The van der Waals surface area contributed by atoms with Crippen LogP contribution in [0.4, 0.5) is 0 Å². The maximum atomic E-state index is 11.6. The number of hydrogen-bond donors (Lipinski definition) is 1. The molecule has 0 radical (unpaired) electrons. The van der Waals surface area contributed by atoms with Crippen LogP contribution in [-0.4, -0.2) is 55.0 Å². The van der Waals surface area contributed by atoms with Crippen LogP contribution in [0.25, 0.3) is 0 Å². The third-order valence-corrected chi connectivity index (χ3v) is 2.57. The first-order valence-electron chi connectivity index (χ1n) is 5.48. The fourth-order valence-electron chi connectivity index (χ4n) is 1.77. The second-order valence-electron chi connectivity index (χ2n) is 3.80. The lowest BCUT2D eigenvalue weighted by molar-refractivity contribution is -0.136. The van der Waals surface area contributed by atoms with E-state index in [4.69, 9.17) is 5.73 Å². The Balaban J connectivity index is 2.27. The van der Waals surface area contributed by atoms with E-state index in [-0.39, 0.29) is 5.91 Å². The summed E-state index contributed by atoms with van der Waals surface area (Å²) in [4.78, 5) is 15.8. The average molecular weight is 199 g/mol. The molecule has 1 rings (SSSR count). The van der Waals surface area contributed by atoms with Gasteiger partial charge in [0.1, 0.15) is 0 Å². The first-order chi connectivity index (χ1) is 6.77. The fraction of sp³-hybridized carbons (Fsp3) is 0.900. The van der Waals surface area contributed by atoms with Gasteiger partial charge in [0.05, 0.1) is 6.54 Å². The summed E-state index contributed by atoms with van der Waals surface area (Å²) in [7, 11) is 0. The summed E-state index contributed by atoms with van der Waals surface area (Å²) in [5.41, 5.74) is 5.43. The Morgan fingerprint density at radius 2 is 2.14 bits per heavy atom. The molecule has 1 aliphatic rings. The van der Waals surface area contributed by atoms with Crippen LogP contribution in [0.3, 0.4) is 0 Å². The number of carbonyl (C=O) groups is 1. The molecule has 1 aliphatic heterocycles. The lowest BCUT2D eigenvalue weighted by atomic mass is 10.2. The first-order valence-corrected chi connectivity index (χ1v) is 5.48. The van der Waals surface area contributed by atoms with Crippen molar-refractivity contribution >= 4 is 5.91 Å². The van der Waals surface area contributed by atoms with Crippen LogP contribution in [-0.2, 0) is 4.79 Å². The molecule has 0 saturated carbocycles. The molecule has 1 fully saturated rings. The molecule has 0 spiro atoms. The molecular weight excluding hydrogens is 178 g/mol. The van der Waals surface area contributed by atoms with Gasteiger partial charge in [-0.25, -0.2) is 0 Å². The van der Waals surface area contributed by atoms with E-state index in [0.29, 0.717) is 13.1 Å². The van der Waals surface area contributed by atoms with Gasteiger partial charge in [0.2, 0.25) is 5.91 Å². The minimum Gasteiger partial charge on any atom is -0.340 e. The summed E-state index contributed by atoms with van der Waals surface area (Å²) in [6.45, 7) is 7.16. The second-order valence-corrected chi connectivity index (χ2v) is 3.80. The number of amides is 1. The lowest BCUT2D eigenvalue weighted by Crippen LogP contribution is -2.50. The maximum absolute atomic E-state index is 11.6. The number of hydrogen-bond acceptors (Lipinski definition) is 3. The molecule has 0 atom stereocenters. The highest BCUT2D eigenvalue weighted by Gasteiger charge is 2.22. The Kier molecular flexibility index (Phi) is 4.90. The van der Waals surface area contributed by atoms with Crippen molar-refractivity contribution in [1.29, 1.82) is 0 Å². The van der Waals surface area contributed by atoms with Gasteiger partial charge in [0.15, 0.2) is 0 Å². The number of nitrogens with two attached hydrogens (primary N) is 1. The molecule has 0 unspecified atom stereocenters. The van der Waals surface area contributed by atoms with Crippen molar-refractivity contribution in [3.8, 4) is 0 Å². The average Bonchev–Trinajstić information content (AvgIpc) is 2.19. The number of piperazine rings is 1. The van der Waals surface area contributed by atoms with Crippen molar-refractivity contribution in [3.05, 3.63) is 0 Å². The van der Waals surface area contributed by atoms with Gasteiger partial charge in [-0.3, -0.25) is 9.69 Å². The van der Waals surface area contributed by atoms with Crippen molar-refractivity contribution in [2.75, 3.05) is 39.3 Å². The zero-order valence-electron chi connectivity index (χ0n) is 9.04. The van der Waals surface area contributed by atoms with Crippen LogP contribution in [0, 0.1) is 0 Å². The molecule has 82 valence electrons. The van der Waals surface area contributed by atoms with E-state index in [0.717, 1.165) is 39.0 Å². The van der Waals surface area contributed by atoms with Crippen LogP contribution >= 0.6 is 0 Å². The molecule has 1 heterocycles. The Bertz CT molecular complexity index is 184. The highest BCUT2D eigenvalue weighted by Crippen LogP contribution is 2.04. The summed E-state index contributed by atoms with van der Waals surface area (Å²) in [6.07, 6.45) is 2.04. The molecule has 0 aliphatic carbocycles. The summed E-state index contributed by atoms with van der Waals surface area (Å²) in [6, 6.07) is 0. The standard InChI is InChI=1S/C10H21N3O/c1-2-5-13-8-7-12(6-3-4-11)9-10(13)14/h2-9,11H2,1H3. The van der Waals surface area contributed by atoms with Crippen molar-refractivity contribution < 1.29 is 4.79 Å². The molecule has 1 saturated heterocycles. The molecule has 0 aromatic rings. The molecule has 2 N–H and O–H groups in total. The van der Waals surface area contributed by atoms with Gasteiger partial charge in [-0.2, -0.15) is 0 Å². The third kappa shape index (κ3) is 3.27.